The van der Waals surface area contributed by atoms with Crippen LogP contribution in [0, 0.1) is 5.92 Å². The maximum atomic E-state index is 13.7. The van der Waals surface area contributed by atoms with Gasteiger partial charge in [-0.2, -0.15) is 0 Å². The number of rotatable bonds is 10. The Morgan fingerprint density at radius 3 is 2.63 bits per heavy atom. The van der Waals surface area contributed by atoms with E-state index in [1.54, 1.807) is 43.5 Å². The molecule has 1 saturated heterocycles. The Bertz CT molecular complexity index is 1130. The lowest BCUT2D eigenvalue weighted by Gasteiger charge is -2.28. The molecule has 0 aromatic heterocycles. The highest BCUT2D eigenvalue weighted by Crippen LogP contribution is 2.42. The fourth-order valence-corrected chi connectivity index (χ4v) is 4.88. The number of benzene rings is 2. The highest BCUT2D eigenvalue weighted by atomic mass is 16.5. The van der Waals surface area contributed by atoms with Crippen LogP contribution in [0.3, 0.4) is 0 Å². The molecule has 0 aliphatic carbocycles. The zero-order valence-corrected chi connectivity index (χ0v) is 20.5. The number of methoxy groups -OCH3 is 2. The minimum absolute atomic E-state index is 0.0328. The van der Waals surface area contributed by atoms with Crippen molar-refractivity contribution in [3.8, 4) is 17.2 Å². The highest BCUT2D eigenvalue weighted by molar-refractivity contribution is 6.44. The van der Waals surface area contributed by atoms with Gasteiger partial charge < -0.3 is 23.8 Å². The van der Waals surface area contributed by atoms with Gasteiger partial charge in [-0.25, -0.2) is 0 Å². The lowest BCUT2D eigenvalue weighted by atomic mass is 9.85. The van der Waals surface area contributed by atoms with Gasteiger partial charge in [-0.1, -0.05) is 6.07 Å². The molecular formula is C27H31NO7. The first-order valence-corrected chi connectivity index (χ1v) is 11.9. The molecule has 8 heteroatoms. The number of hydrogen-bond acceptors (Lipinski definition) is 7. The summed E-state index contributed by atoms with van der Waals surface area (Å²) in [5.41, 5.74) is 1.96. The van der Waals surface area contributed by atoms with Crippen molar-refractivity contribution < 1.29 is 33.3 Å². The van der Waals surface area contributed by atoms with Crippen LogP contribution in [-0.2, 0) is 20.7 Å². The molecule has 0 N–H and O–H groups in total. The molecule has 8 nitrogen and oxygen atoms in total. The van der Waals surface area contributed by atoms with Gasteiger partial charge in [0.1, 0.15) is 17.8 Å². The summed E-state index contributed by atoms with van der Waals surface area (Å²) in [6.45, 7) is 5.02. The van der Waals surface area contributed by atoms with Crippen LogP contribution in [-0.4, -0.2) is 62.5 Å². The molecular weight excluding hydrogens is 450 g/mol. The number of likely N-dealkylation sites (tertiary alicyclic amines) is 1. The standard InChI is InChI=1S/C27H31NO7/c1-5-34-21-10-7-17(15-22(21)33-4)24-23(26(30)27(31)28(24)11-6-12-32-3)25(29)18-8-9-20-19(14-18)13-16(2)35-20/h7-10,14-16,23-24H,5-6,11-13H2,1-4H3. The first kappa shape index (κ1) is 24.7. The molecule has 2 aliphatic heterocycles. The molecule has 3 unspecified atom stereocenters. The minimum atomic E-state index is -1.16. The van der Waals surface area contributed by atoms with E-state index in [1.807, 2.05) is 13.8 Å². The number of Topliss-reactive ketones (excluding diaryl/α,β-unsaturated/α-hetero) is 2. The van der Waals surface area contributed by atoms with Gasteiger partial charge in [-0.15, -0.1) is 0 Å². The highest BCUT2D eigenvalue weighted by Gasteiger charge is 2.51. The van der Waals surface area contributed by atoms with Crippen molar-refractivity contribution in [2.75, 3.05) is 34.0 Å². The van der Waals surface area contributed by atoms with Crippen molar-refractivity contribution in [3.05, 3.63) is 53.1 Å². The van der Waals surface area contributed by atoms with Crippen molar-refractivity contribution >= 4 is 17.5 Å². The molecule has 0 bridgehead atoms. The Hall–Kier alpha value is -3.39. The van der Waals surface area contributed by atoms with E-state index >= 15 is 0 Å². The van der Waals surface area contributed by atoms with Crippen LogP contribution in [0.1, 0.15) is 47.8 Å². The summed E-state index contributed by atoms with van der Waals surface area (Å²) in [5.74, 6) is -1.12. The number of ketones is 2. The predicted molar refractivity (Wildman–Crippen MR) is 128 cm³/mol. The third-order valence-corrected chi connectivity index (χ3v) is 6.45. The van der Waals surface area contributed by atoms with Crippen molar-refractivity contribution in [1.29, 1.82) is 0 Å². The second-order valence-corrected chi connectivity index (χ2v) is 8.79. The van der Waals surface area contributed by atoms with Gasteiger partial charge in [0.05, 0.1) is 19.8 Å². The van der Waals surface area contributed by atoms with Crippen molar-refractivity contribution in [2.24, 2.45) is 5.92 Å². The van der Waals surface area contributed by atoms with E-state index in [1.165, 1.54) is 12.0 Å². The van der Waals surface area contributed by atoms with E-state index in [9.17, 15) is 14.4 Å². The fourth-order valence-electron chi connectivity index (χ4n) is 4.88. The van der Waals surface area contributed by atoms with Crippen molar-refractivity contribution in [1.82, 2.24) is 4.90 Å². The monoisotopic (exact) mass is 481 g/mol. The molecule has 3 atom stereocenters. The summed E-state index contributed by atoms with van der Waals surface area (Å²) in [6.07, 6.45) is 1.26. The summed E-state index contributed by atoms with van der Waals surface area (Å²) in [5, 5.41) is 0. The van der Waals surface area contributed by atoms with Gasteiger partial charge in [0.2, 0.25) is 5.78 Å². The fraction of sp³-hybridized carbons (Fsp3) is 0.444. The number of carbonyl (C=O) groups excluding carboxylic acids is 3. The molecule has 186 valence electrons. The van der Waals surface area contributed by atoms with Crippen LogP contribution in [0.15, 0.2) is 36.4 Å². The average molecular weight is 482 g/mol. The van der Waals surface area contributed by atoms with E-state index in [2.05, 4.69) is 0 Å². The molecule has 0 spiro atoms. The first-order valence-electron chi connectivity index (χ1n) is 11.9. The smallest absolute Gasteiger partial charge is 0.291 e. The van der Waals surface area contributed by atoms with E-state index in [-0.39, 0.29) is 18.4 Å². The Morgan fingerprint density at radius 1 is 1.11 bits per heavy atom. The lowest BCUT2D eigenvalue weighted by molar-refractivity contribution is -0.140. The normalized spacial score (nSPS) is 21.1. The number of amides is 1. The topological polar surface area (TPSA) is 91.4 Å². The quantitative estimate of drug-likeness (QED) is 0.222. The number of nitrogens with zero attached hydrogens (tertiary/aromatic N) is 1. The lowest BCUT2D eigenvalue weighted by Crippen LogP contribution is -2.32. The molecule has 1 amide bonds. The molecule has 2 aromatic carbocycles. The number of fused-ring (bicyclic) bond motifs is 1. The Balaban J connectivity index is 1.74. The van der Waals surface area contributed by atoms with Crippen LogP contribution in [0.5, 0.6) is 17.2 Å². The van der Waals surface area contributed by atoms with Crippen LogP contribution >= 0.6 is 0 Å². The third-order valence-electron chi connectivity index (χ3n) is 6.45. The zero-order chi connectivity index (χ0) is 25.1. The predicted octanol–water partition coefficient (Wildman–Crippen LogP) is 3.41. The van der Waals surface area contributed by atoms with E-state index in [4.69, 9.17) is 18.9 Å². The summed E-state index contributed by atoms with van der Waals surface area (Å²) in [6, 6.07) is 9.72. The molecule has 4 rings (SSSR count). The van der Waals surface area contributed by atoms with E-state index in [0.717, 1.165) is 11.3 Å². The number of hydrogen-bond donors (Lipinski definition) is 0. The molecule has 0 saturated carbocycles. The van der Waals surface area contributed by atoms with Crippen molar-refractivity contribution in [2.45, 2.75) is 38.8 Å². The summed E-state index contributed by atoms with van der Waals surface area (Å²) in [4.78, 5) is 41.6. The molecule has 35 heavy (non-hydrogen) atoms. The van der Waals surface area contributed by atoms with Crippen LogP contribution in [0.2, 0.25) is 0 Å². The summed E-state index contributed by atoms with van der Waals surface area (Å²) in [7, 11) is 3.11. The number of ether oxygens (including phenoxy) is 4. The molecule has 2 aromatic rings. The molecule has 2 aliphatic rings. The molecule has 2 heterocycles. The van der Waals surface area contributed by atoms with Crippen molar-refractivity contribution in [3.63, 3.8) is 0 Å². The zero-order valence-electron chi connectivity index (χ0n) is 20.5. The molecule has 0 radical (unpaired) electrons. The Kier molecular flexibility index (Phi) is 7.40. The van der Waals surface area contributed by atoms with Gasteiger partial charge in [-0.05, 0) is 61.7 Å². The largest absolute Gasteiger partial charge is 0.493 e. The van der Waals surface area contributed by atoms with Crippen LogP contribution < -0.4 is 14.2 Å². The van der Waals surface area contributed by atoms with Gasteiger partial charge in [0.25, 0.3) is 5.91 Å². The van der Waals surface area contributed by atoms with Crippen LogP contribution in [0.25, 0.3) is 0 Å². The maximum absolute atomic E-state index is 13.7. The maximum Gasteiger partial charge on any atom is 0.291 e. The summed E-state index contributed by atoms with van der Waals surface area (Å²) < 4.78 is 22.0. The Morgan fingerprint density at radius 2 is 1.91 bits per heavy atom. The number of carbonyl (C=O) groups is 3. The minimum Gasteiger partial charge on any atom is -0.493 e. The van der Waals surface area contributed by atoms with Gasteiger partial charge in [0, 0.05) is 32.2 Å². The third kappa shape index (κ3) is 4.75. The molecule has 1 fully saturated rings. The van der Waals surface area contributed by atoms with Gasteiger partial charge >= 0.3 is 0 Å². The average Bonchev–Trinajstić information content (AvgIpc) is 3.35. The second kappa shape index (κ2) is 10.5. The Labute approximate surface area is 205 Å². The van der Waals surface area contributed by atoms with Crippen LogP contribution in [0.4, 0.5) is 0 Å². The summed E-state index contributed by atoms with van der Waals surface area (Å²) >= 11 is 0. The van der Waals surface area contributed by atoms with Gasteiger partial charge in [-0.3, -0.25) is 14.4 Å². The SMILES string of the molecule is CCOc1ccc(C2C(C(=O)c3ccc4c(c3)CC(C)O4)C(=O)C(=O)N2CCCOC)cc1OC. The van der Waals surface area contributed by atoms with E-state index < -0.39 is 23.7 Å². The van der Waals surface area contributed by atoms with E-state index in [0.29, 0.717) is 48.7 Å². The van der Waals surface area contributed by atoms with Gasteiger partial charge in [0.15, 0.2) is 17.3 Å². The first-order chi connectivity index (χ1) is 16.9. The second-order valence-electron chi connectivity index (χ2n) is 8.79.